The lowest BCUT2D eigenvalue weighted by molar-refractivity contribution is -0.137. The fraction of sp³-hybridized carbons (Fsp3) is 0.471. The standard InChI is InChI=1S/C17H19F3N4O2/c1-10-14(11(2)26-23-10)3-4-16(25)22-13-8-24(9-13)15-7-12(5-6-21-15)17(18,19)20/h5-7,13H,3-4,8-9H2,1-2H3,(H,22,25). The number of nitrogens with one attached hydrogen (secondary N) is 1. The molecule has 2 aromatic heterocycles. The molecule has 26 heavy (non-hydrogen) atoms. The average molecular weight is 368 g/mol. The van der Waals surface area contributed by atoms with E-state index in [0.29, 0.717) is 31.7 Å². The van der Waals surface area contributed by atoms with E-state index in [1.165, 1.54) is 0 Å². The molecule has 6 nitrogen and oxygen atoms in total. The van der Waals surface area contributed by atoms with Crippen molar-refractivity contribution < 1.29 is 22.5 Å². The smallest absolute Gasteiger partial charge is 0.361 e. The predicted molar refractivity (Wildman–Crippen MR) is 87.7 cm³/mol. The van der Waals surface area contributed by atoms with Crippen molar-refractivity contribution >= 4 is 11.7 Å². The Bertz CT molecular complexity index is 778. The first-order chi connectivity index (χ1) is 12.2. The summed E-state index contributed by atoms with van der Waals surface area (Å²) in [5.74, 6) is 0.869. The minimum atomic E-state index is -4.39. The fourth-order valence-corrected chi connectivity index (χ4v) is 2.92. The van der Waals surface area contributed by atoms with Gasteiger partial charge in [0.05, 0.1) is 17.3 Å². The van der Waals surface area contributed by atoms with Crippen molar-refractivity contribution in [2.75, 3.05) is 18.0 Å². The van der Waals surface area contributed by atoms with E-state index in [4.69, 9.17) is 4.52 Å². The van der Waals surface area contributed by atoms with Gasteiger partial charge in [0.1, 0.15) is 11.6 Å². The number of aryl methyl sites for hydroxylation is 2. The third kappa shape index (κ3) is 3.97. The second-order valence-electron chi connectivity index (χ2n) is 6.37. The number of hydrogen-bond donors (Lipinski definition) is 1. The van der Waals surface area contributed by atoms with E-state index in [1.807, 2.05) is 6.92 Å². The van der Waals surface area contributed by atoms with Gasteiger partial charge >= 0.3 is 6.18 Å². The molecule has 0 atom stereocenters. The molecule has 140 valence electrons. The second-order valence-corrected chi connectivity index (χ2v) is 6.37. The van der Waals surface area contributed by atoms with Crippen LogP contribution in [0.5, 0.6) is 0 Å². The summed E-state index contributed by atoms with van der Waals surface area (Å²) in [5, 5.41) is 6.73. The quantitative estimate of drug-likeness (QED) is 0.879. The van der Waals surface area contributed by atoms with Gasteiger partial charge in [-0.15, -0.1) is 0 Å². The Balaban J connectivity index is 1.47. The number of alkyl halides is 3. The second kappa shape index (κ2) is 6.97. The highest BCUT2D eigenvalue weighted by atomic mass is 19.4. The summed E-state index contributed by atoms with van der Waals surface area (Å²) in [6.07, 6.45) is -2.40. The van der Waals surface area contributed by atoms with E-state index in [9.17, 15) is 18.0 Å². The predicted octanol–water partition coefficient (Wildman–Crippen LogP) is 2.64. The van der Waals surface area contributed by atoms with Crippen molar-refractivity contribution in [1.29, 1.82) is 0 Å². The van der Waals surface area contributed by atoms with Gasteiger partial charge in [-0.25, -0.2) is 4.98 Å². The molecule has 1 amide bonds. The fourth-order valence-electron chi connectivity index (χ4n) is 2.92. The molecular formula is C17H19F3N4O2. The molecule has 0 aliphatic carbocycles. The zero-order chi connectivity index (χ0) is 18.9. The van der Waals surface area contributed by atoms with E-state index >= 15 is 0 Å². The maximum Gasteiger partial charge on any atom is 0.416 e. The Kier molecular flexibility index (Phi) is 4.88. The van der Waals surface area contributed by atoms with Crippen LogP contribution in [-0.2, 0) is 17.4 Å². The van der Waals surface area contributed by atoms with Gasteiger partial charge in [-0.05, 0) is 32.4 Å². The van der Waals surface area contributed by atoms with Crippen molar-refractivity contribution in [1.82, 2.24) is 15.5 Å². The Labute approximate surface area is 148 Å². The Morgan fingerprint density at radius 2 is 2.12 bits per heavy atom. The molecule has 9 heteroatoms. The van der Waals surface area contributed by atoms with Crippen LogP contribution in [0.1, 0.15) is 29.0 Å². The molecule has 0 saturated carbocycles. The van der Waals surface area contributed by atoms with Gasteiger partial charge in [0, 0.05) is 31.3 Å². The van der Waals surface area contributed by atoms with Crippen LogP contribution in [0, 0.1) is 13.8 Å². The van der Waals surface area contributed by atoms with Crippen molar-refractivity contribution in [3.8, 4) is 0 Å². The highest BCUT2D eigenvalue weighted by Crippen LogP contribution is 2.31. The van der Waals surface area contributed by atoms with Gasteiger partial charge in [0.15, 0.2) is 0 Å². The number of aromatic nitrogens is 2. The Hall–Kier alpha value is -2.58. The lowest BCUT2D eigenvalue weighted by Gasteiger charge is -2.40. The molecule has 0 spiro atoms. The summed E-state index contributed by atoms with van der Waals surface area (Å²) in [5.41, 5.74) is 0.985. The van der Waals surface area contributed by atoms with Crippen molar-refractivity contribution in [2.24, 2.45) is 0 Å². The van der Waals surface area contributed by atoms with E-state index in [0.717, 1.165) is 29.6 Å². The average Bonchev–Trinajstić information content (AvgIpc) is 2.86. The van der Waals surface area contributed by atoms with E-state index < -0.39 is 11.7 Å². The Morgan fingerprint density at radius 3 is 2.73 bits per heavy atom. The van der Waals surface area contributed by atoms with Crippen molar-refractivity contribution in [2.45, 2.75) is 38.9 Å². The number of rotatable bonds is 5. The lowest BCUT2D eigenvalue weighted by atomic mass is 10.1. The number of pyridine rings is 1. The molecule has 1 aliphatic rings. The maximum atomic E-state index is 12.7. The minimum Gasteiger partial charge on any atom is -0.361 e. The van der Waals surface area contributed by atoms with Crippen LogP contribution in [0.4, 0.5) is 19.0 Å². The van der Waals surface area contributed by atoms with Crippen molar-refractivity contribution in [3.05, 3.63) is 40.9 Å². The zero-order valence-corrected chi connectivity index (χ0v) is 14.4. The molecular weight excluding hydrogens is 349 g/mol. The number of amides is 1. The summed E-state index contributed by atoms with van der Waals surface area (Å²) < 4.78 is 43.3. The molecule has 0 aromatic carbocycles. The summed E-state index contributed by atoms with van der Waals surface area (Å²) in [6, 6.07) is 1.87. The number of carbonyl (C=O) groups is 1. The van der Waals surface area contributed by atoms with Crippen LogP contribution in [0.3, 0.4) is 0 Å². The largest absolute Gasteiger partial charge is 0.416 e. The van der Waals surface area contributed by atoms with Crippen LogP contribution < -0.4 is 10.2 Å². The molecule has 2 aromatic rings. The molecule has 1 saturated heterocycles. The molecule has 1 fully saturated rings. The van der Waals surface area contributed by atoms with Gasteiger partial charge in [-0.1, -0.05) is 5.16 Å². The minimum absolute atomic E-state index is 0.0940. The van der Waals surface area contributed by atoms with E-state index in [-0.39, 0.29) is 17.8 Å². The van der Waals surface area contributed by atoms with Gasteiger partial charge in [0.2, 0.25) is 5.91 Å². The first-order valence-corrected chi connectivity index (χ1v) is 8.23. The number of carbonyl (C=O) groups excluding carboxylic acids is 1. The summed E-state index contributed by atoms with van der Waals surface area (Å²) in [6.45, 7) is 4.51. The van der Waals surface area contributed by atoms with Crippen molar-refractivity contribution in [3.63, 3.8) is 0 Å². The monoisotopic (exact) mass is 368 g/mol. The zero-order valence-electron chi connectivity index (χ0n) is 14.4. The molecule has 1 N–H and O–H groups in total. The first kappa shape index (κ1) is 18.2. The van der Waals surface area contributed by atoms with Crippen LogP contribution in [0.2, 0.25) is 0 Å². The number of nitrogens with zero attached hydrogens (tertiary/aromatic N) is 3. The lowest BCUT2D eigenvalue weighted by Crippen LogP contribution is -2.59. The number of halogens is 3. The third-order valence-corrected chi connectivity index (χ3v) is 4.43. The van der Waals surface area contributed by atoms with Gasteiger partial charge < -0.3 is 14.7 Å². The molecule has 0 bridgehead atoms. The molecule has 0 radical (unpaired) electrons. The number of hydrogen-bond acceptors (Lipinski definition) is 5. The third-order valence-electron chi connectivity index (χ3n) is 4.43. The summed E-state index contributed by atoms with van der Waals surface area (Å²) in [4.78, 5) is 17.7. The highest BCUT2D eigenvalue weighted by Gasteiger charge is 2.33. The van der Waals surface area contributed by atoms with Crippen LogP contribution in [0.15, 0.2) is 22.9 Å². The summed E-state index contributed by atoms with van der Waals surface area (Å²) >= 11 is 0. The maximum absolute atomic E-state index is 12.7. The normalized spacial score (nSPS) is 15.0. The first-order valence-electron chi connectivity index (χ1n) is 8.23. The van der Waals surface area contributed by atoms with Crippen LogP contribution in [-0.4, -0.2) is 35.2 Å². The Morgan fingerprint density at radius 1 is 1.38 bits per heavy atom. The molecule has 0 unspecified atom stereocenters. The van der Waals surface area contributed by atoms with Gasteiger partial charge in [-0.2, -0.15) is 13.2 Å². The van der Waals surface area contributed by atoms with E-state index in [2.05, 4.69) is 15.5 Å². The number of anilines is 1. The van der Waals surface area contributed by atoms with Crippen LogP contribution >= 0.6 is 0 Å². The van der Waals surface area contributed by atoms with Gasteiger partial charge in [0.25, 0.3) is 0 Å². The SMILES string of the molecule is Cc1noc(C)c1CCC(=O)NC1CN(c2cc(C(F)(F)F)ccn2)C1. The molecule has 3 heterocycles. The highest BCUT2D eigenvalue weighted by molar-refractivity contribution is 5.77. The summed E-state index contributed by atoms with van der Waals surface area (Å²) in [7, 11) is 0. The molecule has 1 aliphatic heterocycles. The van der Waals surface area contributed by atoms with E-state index in [1.54, 1.807) is 11.8 Å². The topological polar surface area (TPSA) is 71.3 Å². The van der Waals surface area contributed by atoms with Gasteiger partial charge in [-0.3, -0.25) is 4.79 Å². The van der Waals surface area contributed by atoms with Crippen LogP contribution in [0.25, 0.3) is 0 Å². The molecule has 3 rings (SSSR count).